The topological polar surface area (TPSA) is 59.9 Å². The highest BCUT2D eigenvalue weighted by Crippen LogP contribution is 2.20. The summed E-state index contributed by atoms with van der Waals surface area (Å²) in [5.41, 5.74) is 2.35. The molecule has 1 aliphatic rings. The molecule has 1 aliphatic heterocycles. The first-order valence-electron chi connectivity index (χ1n) is 8.00. The molecule has 0 aliphatic carbocycles. The van der Waals surface area contributed by atoms with Crippen molar-refractivity contribution in [3.05, 3.63) is 65.5 Å². The van der Waals surface area contributed by atoms with Gasteiger partial charge in [0.15, 0.2) is 0 Å². The Kier molecular flexibility index (Phi) is 4.97. The quantitative estimate of drug-likeness (QED) is 0.908. The van der Waals surface area contributed by atoms with Crippen LogP contribution in [0, 0.1) is 5.82 Å². The van der Waals surface area contributed by atoms with E-state index in [2.05, 4.69) is 10.5 Å². The van der Waals surface area contributed by atoms with Gasteiger partial charge in [-0.15, -0.1) is 0 Å². The molecule has 6 heteroatoms. The number of halogens is 1. The standard InChI is InChI=1S/C19H19FN2O3/c1-12(13-5-9-16(24-2)10-6-13)21-19(23)18-11-17(22-25-18)14-3-7-15(20)8-4-14/h3-10,12,18H,11H2,1-2H3,(H,21,23)/t12-,18+/m0/s1. The van der Waals surface area contributed by atoms with Gasteiger partial charge >= 0.3 is 0 Å². The van der Waals surface area contributed by atoms with Crippen LogP contribution in [0.1, 0.15) is 30.5 Å². The summed E-state index contributed by atoms with van der Waals surface area (Å²) in [6.07, 6.45) is -0.326. The van der Waals surface area contributed by atoms with Crippen LogP contribution < -0.4 is 10.1 Å². The van der Waals surface area contributed by atoms with E-state index in [4.69, 9.17) is 9.57 Å². The molecule has 0 radical (unpaired) electrons. The number of rotatable bonds is 5. The number of methoxy groups -OCH3 is 1. The van der Waals surface area contributed by atoms with Gasteiger partial charge in [-0.1, -0.05) is 29.4 Å². The molecule has 25 heavy (non-hydrogen) atoms. The number of amides is 1. The molecular formula is C19H19FN2O3. The van der Waals surface area contributed by atoms with E-state index >= 15 is 0 Å². The molecule has 3 rings (SSSR count). The Morgan fingerprint density at radius 3 is 2.56 bits per heavy atom. The lowest BCUT2D eigenvalue weighted by atomic mass is 10.0. The molecule has 0 fully saturated rings. The minimum atomic E-state index is -0.680. The number of oxime groups is 1. The van der Waals surface area contributed by atoms with Crippen molar-refractivity contribution in [3.63, 3.8) is 0 Å². The molecule has 0 bridgehead atoms. The van der Waals surface area contributed by atoms with Crippen LogP contribution in [0.15, 0.2) is 53.7 Å². The van der Waals surface area contributed by atoms with Crippen LogP contribution in [0.2, 0.25) is 0 Å². The van der Waals surface area contributed by atoms with E-state index in [0.717, 1.165) is 16.9 Å². The molecule has 0 spiro atoms. The van der Waals surface area contributed by atoms with Gasteiger partial charge in [0.2, 0.25) is 6.10 Å². The fraction of sp³-hybridized carbons (Fsp3) is 0.263. The molecule has 0 unspecified atom stereocenters. The first kappa shape index (κ1) is 17.0. The molecule has 2 atom stereocenters. The maximum Gasteiger partial charge on any atom is 0.264 e. The minimum absolute atomic E-state index is 0.170. The average Bonchev–Trinajstić information content (AvgIpc) is 3.12. The van der Waals surface area contributed by atoms with E-state index in [9.17, 15) is 9.18 Å². The number of benzene rings is 2. The summed E-state index contributed by atoms with van der Waals surface area (Å²) >= 11 is 0. The van der Waals surface area contributed by atoms with Gasteiger partial charge in [-0.05, 0) is 42.3 Å². The van der Waals surface area contributed by atoms with E-state index in [-0.39, 0.29) is 17.8 Å². The van der Waals surface area contributed by atoms with E-state index in [1.165, 1.54) is 12.1 Å². The van der Waals surface area contributed by atoms with Gasteiger partial charge in [-0.2, -0.15) is 0 Å². The molecule has 0 saturated heterocycles. The summed E-state index contributed by atoms with van der Waals surface area (Å²) in [6.45, 7) is 1.90. The smallest absolute Gasteiger partial charge is 0.264 e. The molecule has 0 aromatic heterocycles. The highest BCUT2D eigenvalue weighted by Gasteiger charge is 2.29. The van der Waals surface area contributed by atoms with Crippen LogP contribution in [0.3, 0.4) is 0 Å². The lowest BCUT2D eigenvalue weighted by Gasteiger charge is -2.16. The van der Waals surface area contributed by atoms with Gasteiger partial charge in [-0.3, -0.25) is 4.79 Å². The third-order valence-corrected chi connectivity index (χ3v) is 4.11. The van der Waals surface area contributed by atoms with Gasteiger partial charge in [-0.25, -0.2) is 4.39 Å². The van der Waals surface area contributed by atoms with Crippen molar-refractivity contribution in [1.82, 2.24) is 5.32 Å². The Balaban J connectivity index is 1.58. The number of carbonyl (C=O) groups is 1. The summed E-state index contributed by atoms with van der Waals surface area (Å²) < 4.78 is 18.1. The van der Waals surface area contributed by atoms with Crippen molar-refractivity contribution in [3.8, 4) is 5.75 Å². The predicted octanol–water partition coefficient (Wildman–Crippen LogP) is 3.20. The Morgan fingerprint density at radius 2 is 1.92 bits per heavy atom. The van der Waals surface area contributed by atoms with E-state index in [1.54, 1.807) is 19.2 Å². The van der Waals surface area contributed by atoms with Crippen LogP contribution >= 0.6 is 0 Å². The minimum Gasteiger partial charge on any atom is -0.497 e. The number of nitrogens with one attached hydrogen (secondary N) is 1. The van der Waals surface area contributed by atoms with Gasteiger partial charge in [0.25, 0.3) is 5.91 Å². The maximum atomic E-state index is 13.0. The predicted molar refractivity (Wildman–Crippen MR) is 92.0 cm³/mol. The zero-order valence-corrected chi connectivity index (χ0v) is 14.0. The van der Waals surface area contributed by atoms with Crippen molar-refractivity contribution < 1.29 is 18.8 Å². The second-order valence-electron chi connectivity index (χ2n) is 5.85. The fourth-order valence-corrected chi connectivity index (χ4v) is 2.61. The summed E-state index contributed by atoms with van der Waals surface area (Å²) in [7, 11) is 1.61. The fourth-order valence-electron chi connectivity index (χ4n) is 2.61. The molecule has 1 heterocycles. The van der Waals surface area contributed by atoms with Crippen molar-refractivity contribution in [2.45, 2.75) is 25.5 Å². The van der Waals surface area contributed by atoms with Crippen molar-refractivity contribution in [2.24, 2.45) is 5.16 Å². The summed E-state index contributed by atoms with van der Waals surface area (Å²) in [6, 6.07) is 13.3. The van der Waals surface area contributed by atoms with E-state index in [1.807, 2.05) is 31.2 Å². The molecule has 0 saturated carbocycles. The van der Waals surface area contributed by atoms with Crippen LogP contribution in [0.5, 0.6) is 5.75 Å². The van der Waals surface area contributed by atoms with Crippen LogP contribution in [-0.2, 0) is 9.63 Å². The SMILES string of the molecule is COc1ccc([C@H](C)NC(=O)[C@H]2CC(c3ccc(F)cc3)=NO2)cc1. The third-order valence-electron chi connectivity index (χ3n) is 4.11. The average molecular weight is 342 g/mol. The van der Waals surface area contributed by atoms with Gasteiger partial charge in [0, 0.05) is 6.42 Å². The normalized spacial score (nSPS) is 17.4. The zero-order valence-electron chi connectivity index (χ0n) is 14.0. The third kappa shape index (κ3) is 3.96. The van der Waals surface area contributed by atoms with Gasteiger partial charge in [0.05, 0.1) is 18.9 Å². The Bertz CT molecular complexity index is 772. The monoisotopic (exact) mass is 342 g/mol. The molecule has 2 aromatic rings. The number of hydrogen-bond donors (Lipinski definition) is 1. The second kappa shape index (κ2) is 7.34. The molecular weight excluding hydrogens is 323 g/mol. The van der Waals surface area contributed by atoms with E-state index < -0.39 is 6.10 Å². The highest BCUT2D eigenvalue weighted by molar-refractivity contribution is 6.04. The molecule has 1 amide bonds. The highest BCUT2D eigenvalue weighted by atomic mass is 19.1. The molecule has 1 N–H and O–H groups in total. The molecule has 130 valence electrons. The maximum absolute atomic E-state index is 13.0. The lowest BCUT2D eigenvalue weighted by molar-refractivity contribution is -0.131. The number of carbonyl (C=O) groups excluding carboxylic acids is 1. The first-order chi connectivity index (χ1) is 12.1. The number of ether oxygens (including phenoxy) is 1. The summed E-state index contributed by atoms with van der Waals surface area (Å²) in [4.78, 5) is 17.6. The Hall–Kier alpha value is -2.89. The Morgan fingerprint density at radius 1 is 1.24 bits per heavy atom. The first-order valence-corrected chi connectivity index (χ1v) is 8.00. The molecule has 2 aromatic carbocycles. The van der Waals surface area contributed by atoms with Crippen molar-refractivity contribution in [1.29, 1.82) is 0 Å². The summed E-state index contributed by atoms with van der Waals surface area (Å²) in [5.74, 6) is 0.216. The van der Waals surface area contributed by atoms with Gasteiger partial charge in [0.1, 0.15) is 11.6 Å². The Labute approximate surface area is 145 Å². The van der Waals surface area contributed by atoms with Crippen LogP contribution in [0.25, 0.3) is 0 Å². The molecule has 5 nitrogen and oxygen atoms in total. The van der Waals surface area contributed by atoms with Crippen molar-refractivity contribution >= 4 is 11.6 Å². The second-order valence-corrected chi connectivity index (χ2v) is 5.85. The van der Waals surface area contributed by atoms with Gasteiger partial charge < -0.3 is 14.9 Å². The lowest BCUT2D eigenvalue weighted by Crippen LogP contribution is -2.36. The largest absolute Gasteiger partial charge is 0.497 e. The van der Waals surface area contributed by atoms with Crippen molar-refractivity contribution in [2.75, 3.05) is 7.11 Å². The van der Waals surface area contributed by atoms with Crippen LogP contribution in [0.4, 0.5) is 4.39 Å². The number of hydrogen-bond acceptors (Lipinski definition) is 4. The van der Waals surface area contributed by atoms with Crippen LogP contribution in [-0.4, -0.2) is 24.8 Å². The van der Waals surface area contributed by atoms with E-state index in [0.29, 0.717) is 12.1 Å². The zero-order chi connectivity index (χ0) is 17.8. The summed E-state index contributed by atoms with van der Waals surface area (Å²) in [5, 5.41) is 6.88. The number of nitrogens with zero attached hydrogens (tertiary/aromatic N) is 1.